The molecule has 0 amide bonds. The SMILES string of the molecule is COC(=O)c1cc(S(=O)(=O)N2CC(C)CC2C)ccc1O. The number of rotatable bonds is 3. The van der Waals surface area contributed by atoms with Crippen molar-refractivity contribution in [3.05, 3.63) is 23.8 Å². The van der Waals surface area contributed by atoms with E-state index < -0.39 is 16.0 Å². The van der Waals surface area contributed by atoms with Crippen LogP contribution in [0.1, 0.15) is 30.6 Å². The largest absolute Gasteiger partial charge is 0.507 e. The Bertz CT molecular complexity index is 655. The third-order valence-electron chi connectivity index (χ3n) is 3.71. The topological polar surface area (TPSA) is 83.9 Å². The monoisotopic (exact) mass is 313 g/mol. The highest BCUT2D eigenvalue weighted by molar-refractivity contribution is 7.89. The van der Waals surface area contributed by atoms with Crippen molar-refractivity contribution in [2.45, 2.75) is 31.2 Å². The lowest BCUT2D eigenvalue weighted by Gasteiger charge is -2.21. The van der Waals surface area contributed by atoms with Crippen molar-refractivity contribution in [2.75, 3.05) is 13.7 Å². The van der Waals surface area contributed by atoms with E-state index in [4.69, 9.17) is 0 Å². The van der Waals surface area contributed by atoms with Crippen molar-refractivity contribution in [1.29, 1.82) is 0 Å². The number of carbonyl (C=O) groups excluding carboxylic acids is 1. The number of sulfonamides is 1. The predicted octanol–water partition coefficient (Wildman–Crippen LogP) is 1.60. The highest BCUT2D eigenvalue weighted by Crippen LogP contribution is 2.31. The van der Waals surface area contributed by atoms with E-state index in [1.54, 1.807) is 0 Å². The molecule has 6 nitrogen and oxygen atoms in total. The van der Waals surface area contributed by atoms with E-state index in [0.717, 1.165) is 12.5 Å². The van der Waals surface area contributed by atoms with Gasteiger partial charge in [-0.25, -0.2) is 13.2 Å². The van der Waals surface area contributed by atoms with Crippen LogP contribution in [0.15, 0.2) is 23.1 Å². The number of hydrogen-bond donors (Lipinski definition) is 1. The minimum atomic E-state index is -3.69. The molecule has 116 valence electrons. The van der Waals surface area contributed by atoms with Gasteiger partial charge < -0.3 is 9.84 Å². The highest BCUT2D eigenvalue weighted by Gasteiger charge is 2.36. The molecule has 0 aliphatic carbocycles. The Hall–Kier alpha value is -1.60. The standard InChI is InChI=1S/C14H19NO5S/c1-9-6-10(2)15(8-9)21(18,19)11-4-5-13(16)12(7-11)14(17)20-3/h4-5,7,9-10,16H,6,8H2,1-3H3. The van der Waals surface area contributed by atoms with Crippen LogP contribution < -0.4 is 0 Å². The molecular weight excluding hydrogens is 294 g/mol. The van der Waals surface area contributed by atoms with Gasteiger partial charge in [-0.3, -0.25) is 0 Å². The third-order valence-corrected chi connectivity index (χ3v) is 5.68. The number of phenols is 1. The zero-order valence-electron chi connectivity index (χ0n) is 12.2. The van der Waals surface area contributed by atoms with Crippen molar-refractivity contribution in [3.8, 4) is 5.75 Å². The molecule has 1 saturated heterocycles. The first kappa shape index (κ1) is 15.8. The second-order valence-electron chi connectivity index (χ2n) is 5.44. The van der Waals surface area contributed by atoms with Crippen LogP contribution in [0.3, 0.4) is 0 Å². The molecule has 1 fully saturated rings. The summed E-state index contributed by atoms with van der Waals surface area (Å²) < 4.78 is 31.3. The molecule has 2 atom stereocenters. The van der Waals surface area contributed by atoms with Gasteiger partial charge in [-0.1, -0.05) is 6.92 Å². The fourth-order valence-electron chi connectivity index (χ4n) is 2.68. The van der Waals surface area contributed by atoms with E-state index >= 15 is 0 Å². The summed E-state index contributed by atoms with van der Waals surface area (Å²) in [4.78, 5) is 11.5. The first-order chi connectivity index (χ1) is 9.77. The van der Waals surface area contributed by atoms with E-state index in [1.807, 2.05) is 13.8 Å². The molecule has 1 aliphatic rings. The molecule has 1 heterocycles. The Morgan fingerprint density at radius 2 is 2.05 bits per heavy atom. The number of ether oxygens (including phenoxy) is 1. The molecule has 1 aliphatic heterocycles. The minimum absolute atomic E-state index is 0.0124. The summed E-state index contributed by atoms with van der Waals surface area (Å²) in [6.45, 7) is 4.32. The van der Waals surface area contributed by atoms with Crippen molar-refractivity contribution in [1.82, 2.24) is 4.31 Å². The van der Waals surface area contributed by atoms with Crippen LogP contribution in [0.5, 0.6) is 5.75 Å². The van der Waals surface area contributed by atoms with Gasteiger partial charge >= 0.3 is 5.97 Å². The van der Waals surface area contributed by atoms with Gasteiger partial charge in [0.1, 0.15) is 11.3 Å². The zero-order valence-corrected chi connectivity index (χ0v) is 13.1. The number of benzene rings is 1. The summed E-state index contributed by atoms with van der Waals surface area (Å²) in [6.07, 6.45) is 0.807. The maximum absolute atomic E-state index is 12.7. The summed E-state index contributed by atoms with van der Waals surface area (Å²) in [5.74, 6) is -0.775. The number of carbonyl (C=O) groups is 1. The van der Waals surface area contributed by atoms with Gasteiger partial charge in [0.25, 0.3) is 0 Å². The Morgan fingerprint density at radius 3 is 2.57 bits per heavy atom. The molecule has 1 aromatic carbocycles. The maximum atomic E-state index is 12.7. The average Bonchev–Trinajstić information content (AvgIpc) is 2.78. The van der Waals surface area contributed by atoms with Gasteiger partial charge in [0.15, 0.2) is 0 Å². The molecule has 0 saturated carbocycles. The van der Waals surface area contributed by atoms with Crippen molar-refractivity contribution in [2.24, 2.45) is 5.92 Å². The lowest BCUT2D eigenvalue weighted by atomic mass is 10.1. The van der Waals surface area contributed by atoms with Crippen LogP contribution in [0.25, 0.3) is 0 Å². The molecular formula is C14H19NO5S. The Balaban J connectivity index is 2.44. The molecule has 21 heavy (non-hydrogen) atoms. The van der Waals surface area contributed by atoms with Crippen molar-refractivity contribution < 1.29 is 23.1 Å². The van der Waals surface area contributed by atoms with Crippen LogP contribution in [0.4, 0.5) is 0 Å². The molecule has 7 heteroatoms. The van der Waals surface area contributed by atoms with E-state index in [9.17, 15) is 18.3 Å². The summed E-state index contributed by atoms with van der Waals surface area (Å²) in [5.41, 5.74) is -0.154. The summed E-state index contributed by atoms with van der Waals surface area (Å²) in [7, 11) is -2.51. The molecule has 1 N–H and O–H groups in total. The third kappa shape index (κ3) is 2.89. The summed E-state index contributed by atoms with van der Waals surface area (Å²) in [5, 5.41) is 9.65. The molecule has 2 unspecified atom stereocenters. The van der Waals surface area contributed by atoms with E-state index in [2.05, 4.69) is 4.74 Å². The lowest BCUT2D eigenvalue weighted by Crippen LogP contribution is -2.34. The van der Waals surface area contributed by atoms with E-state index in [0.29, 0.717) is 12.5 Å². The fourth-order valence-corrected chi connectivity index (χ4v) is 4.47. The first-order valence-electron chi connectivity index (χ1n) is 6.70. The number of phenolic OH excluding ortho intramolecular Hbond substituents is 1. The normalized spacial score (nSPS) is 23.2. The number of methoxy groups -OCH3 is 1. The molecule has 0 bridgehead atoms. The Kier molecular flexibility index (Phi) is 4.25. The quantitative estimate of drug-likeness (QED) is 0.857. The van der Waals surface area contributed by atoms with Gasteiger partial charge in [0.2, 0.25) is 10.0 Å². The number of aromatic hydroxyl groups is 1. The number of hydrogen-bond acceptors (Lipinski definition) is 5. The summed E-state index contributed by atoms with van der Waals surface area (Å²) >= 11 is 0. The smallest absolute Gasteiger partial charge is 0.341 e. The van der Waals surface area contributed by atoms with Crippen molar-refractivity contribution >= 4 is 16.0 Å². The predicted molar refractivity (Wildman–Crippen MR) is 76.6 cm³/mol. The molecule has 0 spiro atoms. The van der Waals surface area contributed by atoms with Crippen molar-refractivity contribution in [3.63, 3.8) is 0 Å². The summed E-state index contributed by atoms with van der Waals surface area (Å²) in [6, 6.07) is 3.57. The fraction of sp³-hybridized carbons (Fsp3) is 0.500. The zero-order chi connectivity index (χ0) is 15.8. The van der Waals surface area contributed by atoms with E-state index in [-0.39, 0.29) is 22.3 Å². The van der Waals surface area contributed by atoms with Crippen LogP contribution in [-0.2, 0) is 14.8 Å². The second-order valence-corrected chi connectivity index (χ2v) is 7.33. The van der Waals surface area contributed by atoms with Gasteiger partial charge in [0, 0.05) is 12.6 Å². The first-order valence-corrected chi connectivity index (χ1v) is 8.14. The van der Waals surface area contributed by atoms with Gasteiger partial charge in [-0.15, -0.1) is 0 Å². The van der Waals surface area contributed by atoms with Gasteiger partial charge in [0.05, 0.1) is 12.0 Å². The minimum Gasteiger partial charge on any atom is -0.507 e. The maximum Gasteiger partial charge on any atom is 0.341 e. The van der Waals surface area contributed by atoms with E-state index in [1.165, 1.54) is 23.5 Å². The second kappa shape index (κ2) is 5.65. The van der Waals surface area contributed by atoms with Gasteiger partial charge in [-0.05, 0) is 37.5 Å². The number of esters is 1. The van der Waals surface area contributed by atoms with Crippen LogP contribution in [0, 0.1) is 5.92 Å². The molecule has 0 aromatic heterocycles. The van der Waals surface area contributed by atoms with Gasteiger partial charge in [-0.2, -0.15) is 4.31 Å². The molecule has 1 aromatic rings. The molecule has 2 rings (SSSR count). The average molecular weight is 313 g/mol. The Morgan fingerprint density at radius 1 is 1.38 bits per heavy atom. The Labute approximate surface area is 124 Å². The lowest BCUT2D eigenvalue weighted by molar-refractivity contribution is 0.0597. The van der Waals surface area contributed by atoms with Crippen LogP contribution in [0.2, 0.25) is 0 Å². The highest BCUT2D eigenvalue weighted by atomic mass is 32.2. The van der Waals surface area contributed by atoms with Crippen LogP contribution >= 0.6 is 0 Å². The molecule has 0 radical (unpaired) electrons. The number of nitrogens with zero attached hydrogens (tertiary/aromatic N) is 1. The van der Waals surface area contributed by atoms with Crippen LogP contribution in [-0.4, -0.2) is 43.5 Å².